The van der Waals surface area contributed by atoms with E-state index in [4.69, 9.17) is 11.5 Å². The lowest BCUT2D eigenvalue weighted by Crippen LogP contribution is -2.39. The van der Waals surface area contributed by atoms with Gasteiger partial charge in [0.1, 0.15) is 0 Å². The number of rotatable bonds is 3. The predicted octanol–water partition coefficient (Wildman–Crippen LogP) is 1.81. The molecule has 0 bridgehead atoms. The van der Waals surface area contributed by atoms with Crippen molar-refractivity contribution in [1.29, 1.82) is 0 Å². The summed E-state index contributed by atoms with van der Waals surface area (Å²) in [4.78, 5) is 23.3. The summed E-state index contributed by atoms with van der Waals surface area (Å²) >= 11 is 3.33. The summed E-state index contributed by atoms with van der Waals surface area (Å²) in [6.45, 7) is 0. The largest absolute Gasteiger partial charge is 0.398 e. The Morgan fingerprint density at radius 1 is 1.20 bits per heavy atom. The normalized spacial score (nSPS) is 22.2. The van der Waals surface area contributed by atoms with E-state index in [0.717, 1.165) is 25.7 Å². The van der Waals surface area contributed by atoms with Crippen LogP contribution in [0.3, 0.4) is 0 Å². The molecule has 20 heavy (non-hydrogen) atoms. The molecular weight excluding hydrogens is 322 g/mol. The summed E-state index contributed by atoms with van der Waals surface area (Å²) in [5.41, 5.74) is 12.1. The number of nitrogens with two attached hydrogens (primary N) is 2. The second-order valence-corrected chi connectivity index (χ2v) is 5.93. The van der Waals surface area contributed by atoms with E-state index in [1.54, 1.807) is 18.2 Å². The van der Waals surface area contributed by atoms with Gasteiger partial charge in [-0.1, -0.05) is 6.07 Å². The molecule has 2 rings (SSSR count). The van der Waals surface area contributed by atoms with Crippen LogP contribution in [0.25, 0.3) is 0 Å². The van der Waals surface area contributed by atoms with Gasteiger partial charge in [-0.25, -0.2) is 0 Å². The maximum Gasteiger partial charge on any atom is 0.252 e. The molecule has 5 N–H and O–H groups in total. The molecule has 1 aliphatic rings. The van der Waals surface area contributed by atoms with Crippen LogP contribution in [0.1, 0.15) is 36.0 Å². The third kappa shape index (κ3) is 3.30. The van der Waals surface area contributed by atoms with Gasteiger partial charge in [0, 0.05) is 17.6 Å². The smallest absolute Gasteiger partial charge is 0.252 e. The maximum atomic E-state index is 12.2. The lowest BCUT2D eigenvalue weighted by atomic mass is 9.85. The number of amides is 2. The van der Waals surface area contributed by atoms with Crippen molar-refractivity contribution in [3.8, 4) is 0 Å². The molecule has 1 aromatic rings. The minimum atomic E-state index is -0.242. The molecule has 0 spiro atoms. The summed E-state index contributed by atoms with van der Waals surface area (Å²) in [5, 5.41) is 2.99. The topological polar surface area (TPSA) is 98.2 Å². The first-order valence-electron chi connectivity index (χ1n) is 6.63. The Bertz CT molecular complexity index is 525. The van der Waals surface area contributed by atoms with Gasteiger partial charge in [-0.3, -0.25) is 9.59 Å². The van der Waals surface area contributed by atoms with Gasteiger partial charge in [0.15, 0.2) is 0 Å². The van der Waals surface area contributed by atoms with E-state index < -0.39 is 0 Å². The number of primary amides is 1. The Hall–Kier alpha value is -1.56. The highest BCUT2D eigenvalue weighted by Gasteiger charge is 2.26. The van der Waals surface area contributed by atoms with Crippen LogP contribution >= 0.6 is 15.9 Å². The Morgan fingerprint density at radius 2 is 1.85 bits per heavy atom. The van der Waals surface area contributed by atoms with Crippen LogP contribution in [0.2, 0.25) is 0 Å². The number of hydrogen-bond acceptors (Lipinski definition) is 3. The zero-order valence-corrected chi connectivity index (χ0v) is 12.7. The van der Waals surface area contributed by atoms with Gasteiger partial charge < -0.3 is 16.8 Å². The minimum Gasteiger partial charge on any atom is -0.398 e. The first-order chi connectivity index (χ1) is 9.49. The van der Waals surface area contributed by atoms with E-state index in [1.807, 2.05) is 0 Å². The maximum absolute atomic E-state index is 12.2. The molecule has 0 saturated heterocycles. The number of hydrogen-bond donors (Lipinski definition) is 3. The molecule has 5 nitrogen and oxygen atoms in total. The summed E-state index contributed by atoms with van der Waals surface area (Å²) < 4.78 is 0.614. The van der Waals surface area contributed by atoms with Crippen LogP contribution in [-0.2, 0) is 4.79 Å². The van der Waals surface area contributed by atoms with Crippen LogP contribution in [0, 0.1) is 5.92 Å². The number of carbonyl (C=O) groups is 2. The van der Waals surface area contributed by atoms with Crippen molar-refractivity contribution in [3.63, 3.8) is 0 Å². The van der Waals surface area contributed by atoms with Gasteiger partial charge in [0.05, 0.1) is 10.0 Å². The molecule has 6 heteroatoms. The molecule has 0 radical (unpaired) electrons. The predicted molar refractivity (Wildman–Crippen MR) is 81.0 cm³/mol. The lowest BCUT2D eigenvalue weighted by molar-refractivity contribution is -0.122. The molecule has 1 fully saturated rings. The quantitative estimate of drug-likeness (QED) is 0.732. The van der Waals surface area contributed by atoms with Crippen molar-refractivity contribution in [2.75, 3.05) is 5.73 Å². The molecule has 1 aromatic carbocycles. The average molecular weight is 340 g/mol. The van der Waals surface area contributed by atoms with Gasteiger partial charge >= 0.3 is 0 Å². The highest BCUT2D eigenvalue weighted by atomic mass is 79.9. The van der Waals surface area contributed by atoms with E-state index in [1.165, 1.54) is 0 Å². The zero-order chi connectivity index (χ0) is 14.7. The fourth-order valence-electron chi connectivity index (χ4n) is 2.51. The van der Waals surface area contributed by atoms with Crippen LogP contribution < -0.4 is 16.8 Å². The first-order valence-corrected chi connectivity index (χ1v) is 7.42. The van der Waals surface area contributed by atoms with Gasteiger partial charge in [-0.2, -0.15) is 0 Å². The molecular formula is C14H18BrN3O2. The van der Waals surface area contributed by atoms with E-state index in [2.05, 4.69) is 21.2 Å². The number of nitrogens with one attached hydrogen (secondary N) is 1. The first kappa shape index (κ1) is 14.8. The number of halogens is 1. The molecule has 1 aliphatic carbocycles. The standard InChI is InChI=1S/C14H18BrN3O2/c15-12-10(2-1-3-11(12)16)14(20)18-9-6-4-8(5-7-9)13(17)19/h1-3,8-9H,4-7,16H2,(H2,17,19)(H,18,20). The molecule has 1 saturated carbocycles. The highest BCUT2D eigenvalue weighted by molar-refractivity contribution is 9.10. The number of nitrogen functional groups attached to an aromatic ring is 1. The second kappa shape index (κ2) is 6.26. The Labute approximate surface area is 126 Å². The minimum absolute atomic E-state index is 0.0535. The van der Waals surface area contributed by atoms with Gasteiger partial charge in [-0.15, -0.1) is 0 Å². The van der Waals surface area contributed by atoms with Crippen LogP contribution in [-0.4, -0.2) is 17.9 Å². The number of carbonyl (C=O) groups excluding carboxylic acids is 2. The fraction of sp³-hybridized carbons (Fsp3) is 0.429. The number of anilines is 1. The summed E-state index contributed by atoms with van der Waals surface area (Å²) in [6.07, 6.45) is 3.02. The lowest BCUT2D eigenvalue weighted by Gasteiger charge is -2.27. The molecule has 0 aliphatic heterocycles. The monoisotopic (exact) mass is 339 g/mol. The van der Waals surface area contributed by atoms with Crippen molar-refractivity contribution in [2.24, 2.45) is 11.7 Å². The van der Waals surface area contributed by atoms with Crippen molar-refractivity contribution in [3.05, 3.63) is 28.2 Å². The number of benzene rings is 1. The van der Waals surface area contributed by atoms with Crippen molar-refractivity contribution < 1.29 is 9.59 Å². The Kier molecular flexibility index (Phi) is 4.65. The van der Waals surface area contributed by atoms with Crippen LogP contribution in [0.4, 0.5) is 5.69 Å². The van der Waals surface area contributed by atoms with Gasteiger partial charge in [0.2, 0.25) is 5.91 Å². The third-order valence-corrected chi connectivity index (χ3v) is 4.62. The third-order valence-electron chi connectivity index (χ3n) is 3.74. The molecule has 0 unspecified atom stereocenters. The van der Waals surface area contributed by atoms with Crippen molar-refractivity contribution in [1.82, 2.24) is 5.32 Å². The Morgan fingerprint density at radius 3 is 2.45 bits per heavy atom. The van der Waals surface area contributed by atoms with E-state index >= 15 is 0 Å². The van der Waals surface area contributed by atoms with E-state index in [9.17, 15) is 9.59 Å². The summed E-state index contributed by atoms with van der Waals surface area (Å²) in [5.74, 6) is -0.442. The van der Waals surface area contributed by atoms with Crippen LogP contribution in [0.15, 0.2) is 22.7 Å². The molecule has 2 amide bonds. The van der Waals surface area contributed by atoms with Gasteiger partial charge in [0.25, 0.3) is 5.91 Å². The molecule has 108 valence electrons. The zero-order valence-electron chi connectivity index (χ0n) is 11.1. The summed E-state index contributed by atoms with van der Waals surface area (Å²) in [6, 6.07) is 5.30. The molecule has 0 heterocycles. The van der Waals surface area contributed by atoms with Crippen molar-refractivity contribution >= 4 is 33.4 Å². The second-order valence-electron chi connectivity index (χ2n) is 5.13. The molecule has 0 atom stereocenters. The van der Waals surface area contributed by atoms with Crippen LogP contribution in [0.5, 0.6) is 0 Å². The Balaban J connectivity index is 1.96. The van der Waals surface area contributed by atoms with Crippen molar-refractivity contribution in [2.45, 2.75) is 31.7 Å². The average Bonchev–Trinajstić information content (AvgIpc) is 2.42. The highest BCUT2D eigenvalue weighted by Crippen LogP contribution is 2.26. The van der Waals surface area contributed by atoms with E-state index in [0.29, 0.717) is 15.7 Å². The van der Waals surface area contributed by atoms with E-state index in [-0.39, 0.29) is 23.8 Å². The van der Waals surface area contributed by atoms with Gasteiger partial charge in [-0.05, 0) is 53.7 Å². The molecule has 0 aromatic heterocycles. The SMILES string of the molecule is NC(=O)C1CCC(NC(=O)c2cccc(N)c2Br)CC1. The fourth-order valence-corrected chi connectivity index (χ4v) is 2.96. The summed E-state index contributed by atoms with van der Waals surface area (Å²) in [7, 11) is 0.